The molecule has 0 aliphatic rings. The molecule has 7 nitrogen and oxygen atoms in total. The molecule has 34 heavy (non-hydrogen) atoms. The minimum absolute atomic E-state index is 0.138. The standard InChI is InChI=1S/C25H36ClN3O4S/c1-5-7-14-29(15-8-6-2)22-17-19(25(31)27-13-16-30)18-23(34(32)28(3)4)24(22)33-21-11-9-20(26)10-12-21/h9-12,17-18,30H,5-8,13-16H2,1-4H3,(H,27,31). The van der Waals surface area contributed by atoms with E-state index in [4.69, 9.17) is 21.4 Å². The van der Waals surface area contributed by atoms with Gasteiger partial charge in [-0.3, -0.25) is 4.79 Å². The molecule has 0 saturated heterocycles. The van der Waals surface area contributed by atoms with E-state index < -0.39 is 11.0 Å². The summed E-state index contributed by atoms with van der Waals surface area (Å²) in [5, 5.41) is 12.4. The highest BCUT2D eigenvalue weighted by atomic mass is 35.5. The first-order valence-electron chi connectivity index (χ1n) is 11.7. The Morgan fingerprint density at radius 3 is 2.24 bits per heavy atom. The van der Waals surface area contributed by atoms with Crippen LogP contribution in [0.25, 0.3) is 0 Å². The van der Waals surface area contributed by atoms with Crippen molar-refractivity contribution in [3.63, 3.8) is 0 Å². The van der Waals surface area contributed by atoms with Gasteiger partial charge in [0.15, 0.2) is 5.75 Å². The highest BCUT2D eigenvalue weighted by Gasteiger charge is 2.25. The Hall–Kier alpha value is -2.13. The maximum absolute atomic E-state index is 13.3. The van der Waals surface area contributed by atoms with Crippen molar-refractivity contribution >= 4 is 34.2 Å². The van der Waals surface area contributed by atoms with Crippen LogP contribution in [0.1, 0.15) is 49.9 Å². The van der Waals surface area contributed by atoms with Gasteiger partial charge in [0, 0.05) is 30.2 Å². The number of unbranched alkanes of at least 4 members (excludes halogenated alkanes) is 2. The van der Waals surface area contributed by atoms with Crippen molar-refractivity contribution in [3.8, 4) is 11.5 Å². The molecule has 2 aromatic rings. The van der Waals surface area contributed by atoms with E-state index in [0.29, 0.717) is 27.0 Å². The van der Waals surface area contributed by atoms with Gasteiger partial charge in [0.25, 0.3) is 5.91 Å². The fraction of sp³-hybridized carbons (Fsp3) is 0.480. The first-order chi connectivity index (χ1) is 16.3. The highest BCUT2D eigenvalue weighted by Crippen LogP contribution is 2.40. The quantitative estimate of drug-likeness (QED) is 0.380. The summed E-state index contributed by atoms with van der Waals surface area (Å²) >= 11 is 6.05. The average molecular weight is 510 g/mol. The van der Waals surface area contributed by atoms with Gasteiger partial charge in [0.2, 0.25) is 0 Å². The van der Waals surface area contributed by atoms with Gasteiger partial charge < -0.3 is 20.1 Å². The number of aliphatic hydroxyl groups excluding tert-OH is 1. The summed E-state index contributed by atoms with van der Waals surface area (Å²) in [6, 6.07) is 10.4. The van der Waals surface area contributed by atoms with Crippen LogP contribution in [0.5, 0.6) is 11.5 Å². The van der Waals surface area contributed by atoms with Gasteiger partial charge in [0.1, 0.15) is 21.6 Å². The molecule has 0 radical (unpaired) electrons. The van der Waals surface area contributed by atoms with Crippen LogP contribution < -0.4 is 15.0 Å². The van der Waals surface area contributed by atoms with E-state index in [1.807, 2.05) is 0 Å². The fourth-order valence-corrected chi connectivity index (χ4v) is 4.38. The summed E-state index contributed by atoms with van der Waals surface area (Å²) < 4.78 is 21.3. The van der Waals surface area contributed by atoms with E-state index in [9.17, 15) is 9.00 Å². The molecule has 0 bridgehead atoms. The Kier molecular flexibility index (Phi) is 11.8. The first kappa shape index (κ1) is 28.1. The number of ether oxygens (including phenoxy) is 1. The third kappa shape index (κ3) is 7.98. The molecular weight excluding hydrogens is 474 g/mol. The second-order valence-electron chi connectivity index (χ2n) is 8.11. The van der Waals surface area contributed by atoms with Crippen LogP contribution in [0.2, 0.25) is 5.02 Å². The van der Waals surface area contributed by atoms with Gasteiger partial charge in [-0.15, -0.1) is 0 Å². The molecule has 0 saturated carbocycles. The molecule has 0 fully saturated rings. The lowest BCUT2D eigenvalue weighted by Crippen LogP contribution is -2.29. The van der Waals surface area contributed by atoms with Crippen LogP contribution in [0.4, 0.5) is 5.69 Å². The van der Waals surface area contributed by atoms with Crippen molar-refractivity contribution in [2.45, 2.75) is 44.4 Å². The van der Waals surface area contributed by atoms with Crippen molar-refractivity contribution < 1.29 is 18.8 Å². The number of nitrogens with one attached hydrogen (secondary N) is 1. The van der Waals surface area contributed by atoms with E-state index in [1.165, 1.54) is 0 Å². The third-order valence-corrected chi connectivity index (χ3v) is 6.75. The van der Waals surface area contributed by atoms with Gasteiger partial charge >= 0.3 is 0 Å². The number of carbonyl (C=O) groups is 1. The van der Waals surface area contributed by atoms with Crippen molar-refractivity contribution in [1.29, 1.82) is 0 Å². The van der Waals surface area contributed by atoms with Crippen molar-refractivity contribution in [1.82, 2.24) is 9.62 Å². The first-order valence-corrected chi connectivity index (χ1v) is 13.1. The maximum Gasteiger partial charge on any atom is 0.251 e. The average Bonchev–Trinajstić information content (AvgIpc) is 2.83. The lowest BCUT2D eigenvalue weighted by Gasteiger charge is -2.29. The Bertz CT molecular complexity index is 946. The number of rotatable bonds is 14. The van der Waals surface area contributed by atoms with E-state index in [0.717, 1.165) is 44.5 Å². The van der Waals surface area contributed by atoms with E-state index in [1.54, 1.807) is 54.8 Å². The fourth-order valence-electron chi connectivity index (χ4n) is 3.33. The van der Waals surface area contributed by atoms with Gasteiger partial charge in [0.05, 0.1) is 12.3 Å². The van der Waals surface area contributed by atoms with Crippen LogP contribution >= 0.6 is 11.6 Å². The molecule has 1 unspecified atom stereocenters. The van der Waals surface area contributed by atoms with E-state index in [-0.39, 0.29) is 19.1 Å². The molecule has 0 spiro atoms. The Morgan fingerprint density at radius 2 is 1.71 bits per heavy atom. The molecule has 2 rings (SSSR count). The summed E-state index contributed by atoms with van der Waals surface area (Å²) in [4.78, 5) is 15.5. The number of benzene rings is 2. The lowest BCUT2D eigenvalue weighted by molar-refractivity contribution is 0.0944. The zero-order chi connectivity index (χ0) is 25.1. The number of amides is 1. The predicted octanol–water partition coefficient (Wildman–Crippen LogP) is 4.85. The number of nitrogens with zero attached hydrogens (tertiary/aromatic N) is 2. The van der Waals surface area contributed by atoms with E-state index >= 15 is 0 Å². The lowest BCUT2D eigenvalue weighted by atomic mass is 10.1. The number of hydrogen-bond donors (Lipinski definition) is 2. The SMILES string of the molecule is CCCCN(CCCC)c1cc(C(=O)NCCO)cc(S(=O)N(C)C)c1Oc1ccc(Cl)cc1. The molecule has 2 N–H and O–H groups in total. The summed E-state index contributed by atoms with van der Waals surface area (Å²) in [7, 11) is 1.86. The number of carbonyl (C=O) groups excluding carboxylic acids is 1. The highest BCUT2D eigenvalue weighted by molar-refractivity contribution is 7.82. The Balaban J connectivity index is 2.71. The number of hydrogen-bond acceptors (Lipinski definition) is 5. The van der Waals surface area contributed by atoms with Crippen LogP contribution in [0.15, 0.2) is 41.3 Å². The zero-order valence-electron chi connectivity index (χ0n) is 20.5. The van der Waals surface area contributed by atoms with Crippen molar-refractivity contribution in [2.75, 3.05) is 45.2 Å². The van der Waals surface area contributed by atoms with E-state index in [2.05, 4.69) is 24.1 Å². The van der Waals surface area contributed by atoms with Gasteiger partial charge in [-0.2, -0.15) is 0 Å². The summed E-state index contributed by atoms with van der Waals surface area (Å²) in [5.74, 6) is 0.683. The van der Waals surface area contributed by atoms with Gasteiger partial charge in [-0.1, -0.05) is 38.3 Å². The zero-order valence-corrected chi connectivity index (χ0v) is 22.0. The molecule has 0 aliphatic carbocycles. The topological polar surface area (TPSA) is 82.1 Å². The molecule has 2 aromatic carbocycles. The molecule has 1 amide bonds. The van der Waals surface area contributed by atoms with Gasteiger partial charge in [-0.05, 0) is 63.3 Å². The minimum Gasteiger partial charge on any atom is -0.454 e. The molecule has 188 valence electrons. The smallest absolute Gasteiger partial charge is 0.251 e. The summed E-state index contributed by atoms with van der Waals surface area (Å²) in [5.41, 5.74) is 1.09. The largest absolute Gasteiger partial charge is 0.454 e. The van der Waals surface area contributed by atoms with Gasteiger partial charge in [-0.25, -0.2) is 8.51 Å². The molecule has 0 aromatic heterocycles. The third-order valence-electron chi connectivity index (χ3n) is 5.15. The number of aliphatic hydroxyl groups is 1. The molecule has 1 atom stereocenters. The summed E-state index contributed by atoms with van der Waals surface area (Å²) in [6.07, 6.45) is 3.97. The molecule has 0 heterocycles. The molecule has 9 heteroatoms. The predicted molar refractivity (Wildman–Crippen MR) is 140 cm³/mol. The van der Waals surface area contributed by atoms with Crippen molar-refractivity contribution in [3.05, 3.63) is 47.0 Å². The summed E-state index contributed by atoms with van der Waals surface area (Å²) in [6.45, 7) is 5.81. The van der Waals surface area contributed by atoms with Crippen LogP contribution in [0.3, 0.4) is 0 Å². The molecule has 0 aliphatic heterocycles. The van der Waals surface area contributed by atoms with Crippen LogP contribution in [-0.2, 0) is 11.0 Å². The second kappa shape index (κ2) is 14.3. The molecular formula is C25H36ClN3O4S. The monoisotopic (exact) mass is 509 g/mol. The van der Waals surface area contributed by atoms with Crippen LogP contribution in [0, 0.1) is 0 Å². The van der Waals surface area contributed by atoms with Crippen molar-refractivity contribution in [2.24, 2.45) is 0 Å². The Morgan fingerprint density at radius 1 is 1.09 bits per heavy atom. The second-order valence-corrected chi connectivity index (χ2v) is 10.2. The number of halogens is 1. The maximum atomic E-state index is 13.3. The number of anilines is 1. The Labute approximate surface area is 210 Å². The normalized spacial score (nSPS) is 12.0. The van der Waals surface area contributed by atoms with Crippen LogP contribution in [-0.4, -0.2) is 59.9 Å². The minimum atomic E-state index is -1.57.